The molecule has 0 saturated carbocycles. The molecule has 3 rings (SSSR count). The molecule has 0 aliphatic carbocycles. The Morgan fingerprint density at radius 3 is 3.10 bits per heavy atom. The molecule has 0 bridgehead atoms. The van der Waals surface area contributed by atoms with Crippen LogP contribution in [0.5, 0.6) is 0 Å². The van der Waals surface area contributed by atoms with Crippen molar-refractivity contribution in [2.45, 2.75) is 13.2 Å². The lowest BCUT2D eigenvalue weighted by Gasteiger charge is -2.03. The van der Waals surface area contributed by atoms with Gasteiger partial charge in [0.25, 0.3) is 0 Å². The first-order valence-electron chi connectivity index (χ1n) is 5.96. The maximum Gasteiger partial charge on any atom is 0.177 e. The van der Waals surface area contributed by atoms with Crippen LogP contribution in [-0.2, 0) is 17.9 Å². The van der Waals surface area contributed by atoms with Crippen molar-refractivity contribution in [2.24, 2.45) is 0 Å². The maximum atomic E-state index is 5.92. The van der Waals surface area contributed by atoms with E-state index in [1.165, 1.54) is 11.3 Å². The van der Waals surface area contributed by atoms with Crippen LogP contribution in [0.1, 0.15) is 11.5 Å². The molecule has 0 aliphatic rings. The molecule has 3 aromatic rings. The minimum atomic E-state index is 0.470. The third-order valence-electron chi connectivity index (χ3n) is 2.78. The van der Waals surface area contributed by atoms with Gasteiger partial charge in [-0.25, -0.2) is 4.98 Å². The Morgan fingerprint density at radius 2 is 2.35 bits per heavy atom. The van der Waals surface area contributed by atoms with Gasteiger partial charge in [0.1, 0.15) is 18.1 Å². The topological polar surface area (TPSA) is 53.1 Å². The Balaban J connectivity index is 1.78. The molecule has 0 aliphatic heterocycles. The van der Waals surface area contributed by atoms with Gasteiger partial charge in [0, 0.05) is 25.6 Å². The van der Waals surface area contributed by atoms with Crippen LogP contribution >= 0.6 is 22.9 Å². The third-order valence-corrected chi connectivity index (χ3v) is 4.03. The Kier molecular flexibility index (Phi) is 3.86. The lowest BCUT2D eigenvalue weighted by atomic mass is 10.3. The Bertz CT molecular complexity index is 704. The van der Waals surface area contributed by atoms with Crippen LogP contribution < -0.4 is 0 Å². The van der Waals surface area contributed by atoms with Crippen molar-refractivity contribution in [1.29, 1.82) is 0 Å². The van der Waals surface area contributed by atoms with Gasteiger partial charge in [0.2, 0.25) is 0 Å². The van der Waals surface area contributed by atoms with Crippen LogP contribution in [0.2, 0.25) is 4.34 Å². The van der Waals surface area contributed by atoms with E-state index in [0.717, 1.165) is 26.5 Å². The molecule has 0 unspecified atom stereocenters. The third kappa shape index (κ3) is 2.77. The molecular weight excluding hydrogens is 298 g/mol. The first kappa shape index (κ1) is 13.4. The average molecular weight is 310 g/mol. The van der Waals surface area contributed by atoms with Crippen LogP contribution in [0, 0.1) is 0 Å². The molecule has 0 fully saturated rings. The van der Waals surface area contributed by atoms with Crippen LogP contribution in [0.3, 0.4) is 0 Å². The number of hydrogen-bond donors (Lipinski definition) is 0. The van der Waals surface area contributed by atoms with Crippen molar-refractivity contribution in [1.82, 2.24) is 14.7 Å². The van der Waals surface area contributed by atoms with E-state index >= 15 is 0 Å². The molecule has 20 heavy (non-hydrogen) atoms. The standard InChI is InChI=1S/C13H12ClN3O2S/c1-18-8-13-15-4-5-17(13)7-9-6-10(19-16-9)11-2-3-12(14)20-11/h2-6H,7-8H2,1H3. The fourth-order valence-electron chi connectivity index (χ4n) is 1.88. The summed E-state index contributed by atoms with van der Waals surface area (Å²) in [6, 6.07) is 5.68. The highest BCUT2D eigenvalue weighted by Crippen LogP contribution is 2.31. The summed E-state index contributed by atoms with van der Waals surface area (Å²) in [5, 5.41) is 4.08. The fourth-order valence-corrected chi connectivity index (χ4v) is 2.87. The van der Waals surface area contributed by atoms with Crippen LogP contribution in [0.4, 0.5) is 0 Å². The highest BCUT2D eigenvalue weighted by atomic mass is 35.5. The molecule has 3 heterocycles. The summed E-state index contributed by atoms with van der Waals surface area (Å²) in [7, 11) is 1.65. The fraction of sp³-hybridized carbons (Fsp3) is 0.231. The van der Waals surface area contributed by atoms with Crippen molar-refractivity contribution in [3.8, 4) is 10.6 Å². The van der Waals surface area contributed by atoms with Gasteiger partial charge < -0.3 is 13.8 Å². The van der Waals surface area contributed by atoms with E-state index in [2.05, 4.69) is 10.1 Å². The molecule has 5 nitrogen and oxygen atoms in total. The molecule has 0 atom stereocenters. The number of nitrogens with zero attached hydrogens (tertiary/aromatic N) is 3. The second kappa shape index (κ2) is 5.78. The van der Waals surface area contributed by atoms with Gasteiger partial charge in [-0.2, -0.15) is 0 Å². The van der Waals surface area contributed by atoms with E-state index in [9.17, 15) is 0 Å². The quantitative estimate of drug-likeness (QED) is 0.724. The van der Waals surface area contributed by atoms with Crippen LogP contribution in [-0.4, -0.2) is 21.8 Å². The first-order chi connectivity index (χ1) is 9.76. The van der Waals surface area contributed by atoms with Crippen LogP contribution in [0.15, 0.2) is 35.1 Å². The van der Waals surface area contributed by atoms with E-state index < -0.39 is 0 Å². The number of rotatable bonds is 5. The van der Waals surface area contributed by atoms with Crippen molar-refractivity contribution in [3.05, 3.63) is 46.4 Å². The summed E-state index contributed by atoms with van der Waals surface area (Å²) in [6.07, 6.45) is 3.64. The second-order valence-electron chi connectivity index (χ2n) is 4.19. The molecule has 104 valence electrons. The highest BCUT2D eigenvalue weighted by molar-refractivity contribution is 7.19. The first-order valence-corrected chi connectivity index (χ1v) is 7.16. The molecule has 0 amide bonds. The molecule has 0 radical (unpaired) electrons. The Labute approximate surface area is 124 Å². The smallest absolute Gasteiger partial charge is 0.177 e. The lowest BCUT2D eigenvalue weighted by Crippen LogP contribution is -2.05. The van der Waals surface area contributed by atoms with Gasteiger partial charge in [-0.1, -0.05) is 16.8 Å². The summed E-state index contributed by atoms with van der Waals surface area (Å²) in [6.45, 7) is 1.07. The largest absolute Gasteiger partial charge is 0.377 e. The van der Waals surface area contributed by atoms with E-state index in [-0.39, 0.29) is 0 Å². The zero-order valence-electron chi connectivity index (χ0n) is 10.7. The molecule has 0 N–H and O–H groups in total. The molecule has 0 saturated heterocycles. The summed E-state index contributed by atoms with van der Waals surface area (Å²) in [4.78, 5) is 5.20. The Hall–Kier alpha value is -1.63. The van der Waals surface area contributed by atoms with Crippen molar-refractivity contribution < 1.29 is 9.26 Å². The summed E-state index contributed by atoms with van der Waals surface area (Å²) >= 11 is 7.38. The van der Waals surface area contributed by atoms with Gasteiger partial charge in [-0.3, -0.25) is 0 Å². The van der Waals surface area contributed by atoms with E-state index in [1.54, 1.807) is 13.3 Å². The van der Waals surface area contributed by atoms with Crippen LogP contribution in [0.25, 0.3) is 10.6 Å². The number of halogens is 1. The van der Waals surface area contributed by atoms with Crippen molar-refractivity contribution >= 4 is 22.9 Å². The predicted molar refractivity (Wildman–Crippen MR) is 76.9 cm³/mol. The summed E-state index contributed by atoms with van der Waals surface area (Å²) < 4.78 is 13.2. The van der Waals surface area contributed by atoms with E-state index in [4.69, 9.17) is 20.9 Å². The predicted octanol–water partition coefficient (Wildman–Crippen LogP) is 3.45. The summed E-state index contributed by atoms with van der Waals surface area (Å²) in [5.74, 6) is 1.58. The van der Waals surface area contributed by atoms with E-state index in [1.807, 2.05) is 29.0 Å². The molecule has 0 spiro atoms. The summed E-state index contributed by atoms with van der Waals surface area (Å²) in [5.41, 5.74) is 0.833. The minimum Gasteiger partial charge on any atom is -0.377 e. The number of hydrogen-bond acceptors (Lipinski definition) is 5. The minimum absolute atomic E-state index is 0.470. The number of thiophene rings is 1. The van der Waals surface area contributed by atoms with Crippen molar-refractivity contribution in [3.63, 3.8) is 0 Å². The van der Waals surface area contributed by atoms with Gasteiger partial charge in [-0.15, -0.1) is 11.3 Å². The normalized spacial score (nSPS) is 11.1. The zero-order chi connectivity index (χ0) is 13.9. The van der Waals surface area contributed by atoms with Crippen molar-refractivity contribution in [2.75, 3.05) is 7.11 Å². The molecule has 7 heteroatoms. The molecule has 3 aromatic heterocycles. The monoisotopic (exact) mass is 309 g/mol. The molecule has 0 aromatic carbocycles. The zero-order valence-corrected chi connectivity index (χ0v) is 12.3. The number of methoxy groups -OCH3 is 1. The van der Waals surface area contributed by atoms with Gasteiger partial charge in [-0.05, 0) is 12.1 Å². The SMILES string of the molecule is COCc1nccn1Cc1cc(-c2ccc(Cl)s2)on1. The van der Waals surface area contributed by atoms with Gasteiger partial charge in [0.15, 0.2) is 5.76 Å². The van der Waals surface area contributed by atoms with E-state index in [0.29, 0.717) is 13.2 Å². The number of ether oxygens (including phenoxy) is 1. The number of imidazole rings is 1. The van der Waals surface area contributed by atoms with Gasteiger partial charge in [0.05, 0.1) is 15.8 Å². The maximum absolute atomic E-state index is 5.92. The van der Waals surface area contributed by atoms with Gasteiger partial charge >= 0.3 is 0 Å². The lowest BCUT2D eigenvalue weighted by molar-refractivity contribution is 0.174. The highest BCUT2D eigenvalue weighted by Gasteiger charge is 2.11. The molecular formula is C13H12ClN3O2S. The number of aromatic nitrogens is 3. The Morgan fingerprint density at radius 1 is 1.45 bits per heavy atom. The second-order valence-corrected chi connectivity index (χ2v) is 5.91. The average Bonchev–Trinajstić information content (AvgIpc) is 3.13.